The van der Waals surface area contributed by atoms with Crippen molar-refractivity contribution in [3.63, 3.8) is 0 Å². The largest absolute Gasteiger partial charge is 2.00 e. The van der Waals surface area contributed by atoms with Crippen LogP contribution in [0.2, 0.25) is 0 Å². The third-order valence-corrected chi connectivity index (χ3v) is 0.421. The maximum absolute atomic E-state index is 8.93. The summed E-state index contributed by atoms with van der Waals surface area (Å²) in [6.45, 7) is 2.41. The van der Waals surface area contributed by atoms with Gasteiger partial charge in [0.2, 0.25) is 0 Å². The average molecular weight is 222 g/mol. The van der Waals surface area contributed by atoms with Crippen LogP contribution in [0.15, 0.2) is 0 Å². The van der Waals surface area contributed by atoms with Crippen LogP contribution in [0, 0.1) is 0 Å². The smallest absolute Gasteiger partial charge is 0.855 e. The van der Waals surface area contributed by atoms with Crippen LogP contribution in [0.3, 0.4) is 0 Å². The summed E-state index contributed by atoms with van der Waals surface area (Å²) in [4.78, 5) is 0. The molecule has 0 aliphatic carbocycles. The Kier molecular flexibility index (Phi) is 53.3. The Hall–Kier alpha value is 1.06. The molecule has 0 aromatic carbocycles. The van der Waals surface area contributed by atoms with Gasteiger partial charge in [0, 0.05) is 0 Å². The van der Waals surface area contributed by atoms with E-state index in [2.05, 4.69) is 0 Å². The zero-order valence-corrected chi connectivity index (χ0v) is 10.5. The zero-order chi connectivity index (χ0) is 10.4. The normalized spacial score (nSPS) is 7.38. The van der Waals surface area contributed by atoms with Crippen molar-refractivity contribution in [2.75, 3.05) is 26.4 Å². The fraction of sp³-hybridized carbons (Fsp3) is 1.00. The molecule has 78 valence electrons. The molecule has 0 aromatic heterocycles. The minimum absolute atomic E-state index is 0. The van der Waals surface area contributed by atoms with Gasteiger partial charge in [-0.3, -0.25) is 0 Å². The summed E-state index contributed by atoms with van der Waals surface area (Å²) in [6, 6.07) is 0. The van der Waals surface area contributed by atoms with E-state index in [4.69, 9.17) is 25.5 Å². The fourth-order valence-corrected chi connectivity index (χ4v) is 0.0577. The Morgan fingerprint density at radius 1 is 1.00 bits per heavy atom. The molecule has 13 heavy (non-hydrogen) atoms. The molecule has 0 aliphatic rings. The fourth-order valence-electron chi connectivity index (χ4n) is 0.0577. The first-order valence-electron chi connectivity index (χ1n) is 3.70. The van der Waals surface area contributed by atoms with Crippen molar-refractivity contribution >= 4 is 37.7 Å². The van der Waals surface area contributed by atoms with Gasteiger partial charge in [-0.1, -0.05) is 13.8 Å². The number of hydrogen-bond donors (Lipinski definition) is 3. The van der Waals surface area contributed by atoms with Gasteiger partial charge in [-0.05, 0) is 0 Å². The standard InChI is InChI=1S/C3H8O3.2C2H5O.Ca/c4-1-3(6)2-5;2*1-2-3;/h3-6H,1-2H2;2*2H2,1H3;/q;2*-1;+2. The monoisotopic (exact) mass is 222 g/mol. The molecule has 0 rings (SSSR count). The van der Waals surface area contributed by atoms with Gasteiger partial charge in [0.05, 0.1) is 13.2 Å². The summed E-state index contributed by atoms with van der Waals surface area (Å²) in [5, 5.41) is 41.9. The molecule has 3 N–H and O–H groups in total. The van der Waals surface area contributed by atoms with Gasteiger partial charge in [-0.25, -0.2) is 0 Å². The van der Waals surface area contributed by atoms with Crippen LogP contribution >= 0.6 is 0 Å². The van der Waals surface area contributed by atoms with Crippen molar-refractivity contribution in [1.29, 1.82) is 0 Å². The van der Waals surface area contributed by atoms with E-state index in [1.807, 2.05) is 0 Å². The predicted octanol–water partition coefficient (Wildman–Crippen LogP) is -3.32. The van der Waals surface area contributed by atoms with Crippen LogP contribution in [0.25, 0.3) is 0 Å². The quantitative estimate of drug-likeness (QED) is 0.424. The van der Waals surface area contributed by atoms with E-state index in [1.54, 1.807) is 13.8 Å². The third kappa shape index (κ3) is 62.4. The predicted molar refractivity (Wildman–Crippen MR) is 47.0 cm³/mol. The van der Waals surface area contributed by atoms with Crippen molar-refractivity contribution in [3.8, 4) is 0 Å². The summed E-state index contributed by atoms with van der Waals surface area (Å²) in [5.41, 5.74) is 0. The molecule has 6 heteroatoms. The Morgan fingerprint density at radius 2 is 1.15 bits per heavy atom. The molecule has 0 aromatic rings. The van der Waals surface area contributed by atoms with E-state index in [0.717, 1.165) is 0 Å². The molecule has 0 bridgehead atoms. The van der Waals surface area contributed by atoms with E-state index in [0.29, 0.717) is 0 Å². The number of aliphatic hydroxyl groups is 3. The Balaban J connectivity index is -0.0000000501. The summed E-state index contributed by atoms with van der Waals surface area (Å²) in [6.07, 6.45) is -0.954. The first-order valence-corrected chi connectivity index (χ1v) is 3.70. The van der Waals surface area contributed by atoms with Crippen molar-refractivity contribution in [2.45, 2.75) is 20.0 Å². The van der Waals surface area contributed by atoms with Crippen LogP contribution < -0.4 is 10.2 Å². The van der Waals surface area contributed by atoms with E-state index < -0.39 is 6.10 Å². The summed E-state index contributed by atoms with van der Waals surface area (Å²) < 4.78 is 0. The average Bonchev–Trinajstić information content (AvgIpc) is 2.06. The summed E-state index contributed by atoms with van der Waals surface area (Å²) >= 11 is 0. The second-order valence-electron chi connectivity index (χ2n) is 1.60. The first kappa shape index (κ1) is 23.7. The van der Waals surface area contributed by atoms with Crippen LogP contribution in [-0.4, -0.2) is 85.6 Å². The summed E-state index contributed by atoms with van der Waals surface area (Å²) in [5.74, 6) is 0. The van der Waals surface area contributed by atoms with Crippen molar-refractivity contribution in [3.05, 3.63) is 0 Å². The first-order chi connectivity index (χ1) is 5.64. The summed E-state index contributed by atoms with van der Waals surface area (Å²) in [7, 11) is 0. The van der Waals surface area contributed by atoms with Crippen LogP contribution in [0.5, 0.6) is 0 Å². The molecule has 0 radical (unpaired) electrons. The zero-order valence-electron chi connectivity index (χ0n) is 8.27. The molecule has 0 saturated heterocycles. The topological polar surface area (TPSA) is 107 Å². The minimum Gasteiger partial charge on any atom is -0.855 e. The van der Waals surface area contributed by atoms with Gasteiger partial charge in [-0.2, -0.15) is 0 Å². The second kappa shape index (κ2) is 29.2. The number of rotatable bonds is 2. The molecule has 0 saturated carbocycles. The van der Waals surface area contributed by atoms with E-state index >= 15 is 0 Å². The van der Waals surface area contributed by atoms with E-state index in [-0.39, 0.29) is 64.2 Å². The SMILES string of the molecule is CC[O-].CC[O-].OCC(O)CO.[Ca+2]. The second-order valence-corrected chi connectivity index (χ2v) is 1.60. The molecule has 0 unspecified atom stereocenters. The molecular weight excluding hydrogens is 204 g/mol. The Morgan fingerprint density at radius 3 is 1.15 bits per heavy atom. The van der Waals surface area contributed by atoms with Gasteiger partial charge in [0.15, 0.2) is 0 Å². The van der Waals surface area contributed by atoms with Crippen molar-refractivity contribution < 1.29 is 25.5 Å². The number of hydrogen-bond acceptors (Lipinski definition) is 5. The third-order valence-electron chi connectivity index (χ3n) is 0.421. The molecule has 0 heterocycles. The molecule has 0 atom stereocenters. The number of aliphatic hydroxyl groups excluding tert-OH is 3. The molecule has 5 nitrogen and oxygen atoms in total. The van der Waals surface area contributed by atoms with Gasteiger partial charge in [0.1, 0.15) is 6.10 Å². The van der Waals surface area contributed by atoms with Crippen LogP contribution in [0.1, 0.15) is 13.8 Å². The van der Waals surface area contributed by atoms with Crippen LogP contribution in [-0.2, 0) is 0 Å². The Labute approximate surface area is 109 Å². The Bertz CT molecular complexity index is 50.1. The van der Waals surface area contributed by atoms with Crippen molar-refractivity contribution in [1.82, 2.24) is 0 Å². The molecule has 0 amide bonds. The molecule has 0 spiro atoms. The van der Waals surface area contributed by atoms with Gasteiger partial charge >= 0.3 is 37.7 Å². The van der Waals surface area contributed by atoms with Crippen molar-refractivity contribution in [2.24, 2.45) is 0 Å². The maximum atomic E-state index is 8.93. The van der Waals surface area contributed by atoms with Gasteiger partial charge < -0.3 is 25.5 Å². The molecular formula is C7H18CaO5. The van der Waals surface area contributed by atoms with Gasteiger partial charge in [-0.15, -0.1) is 13.2 Å². The molecule has 0 fully saturated rings. The minimum atomic E-state index is -0.954. The maximum Gasteiger partial charge on any atom is 2.00 e. The van der Waals surface area contributed by atoms with E-state index in [9.17, 15) is 0 Å². The van der Waals surface area contributed by atoms with E-state index in [1.165, 1.54) is 0 Å². The van der Waals surface area contributed by atoms with Crippen LogP contribution in [0.4, 0.5) is 0 Å². The van der Waals surface area contributed by atoms with Gasteiger partial charge in [0.25, 0.3) is 0 Å². The molecule has 0 aliphatic heterocycles.